The molecular formula is C20H23N3O5. The van der Waals surface area contributed by atoms with Crippen LogP contribution in [0.5, 0.6) is 0 Å². The van der Waals surface area contributed by atoms with Crippen LogP contribution >= 0.6 is 0 Å². The summed E-state index contributed by atoms with van der Waals surface area (Å²) in [6.07, 6.45) is 1.27. The number of carbonyl (C=O) groups is 2. The van der Waals surface area contributed by atoms with Gasteiger partial charge in [0.15, 0.2) is 12.0 Å². The highest BCUT2D eigenvalue weighted by Gasteiger charge is 2.40. The molecule has 8 nitrogen and oxygen atoms in total. The number of hydrogen-bond acceptors (Lipinski definition) is 6. The van der Waals surface area contributed by atoms with Gasteiger partial charge in [0.25, 0.3) is 0 Å². The number of aliphatic hydroxyl groups is 1. The van der Waals surface area contributed by atoms with Crippen LogP contribution < -0.4 is 10.6 Å². The van der Waals surface area contributed by atoms with Crippen molar-refractivity contribution in [2.24, 2.45) is 11.8 Å². The first-order valence-electron chi connectivity index (χ1n) is 9.49. The fourth-order valence-corrected chi connectivity index (χ4v) is 3.69. The number of nitrogens with zero attached hydrogens (tertiary/aromatic N) is 1. The summed E-state index contributed by atoms with van der Waals surface area (Å²) in [4.78, 5) is 23.0. The van der Waals surface area contributed by atoms with Gasteiger partial charge in [-0.1, -0.05) is 35.5 Å². The minimum absolute atomic E-state index is 0.0178. The van der Waals surface area contributed by atoms with E-state index in [2.05, 4.69) is 15.8 Å². The van der Waals surface area contributed by atoms with Crippen molar-refractivity contribution in [2.75, 3.05) is 0 Å². The number of aromatic nitrogens is 1. The minimum atomic E-state index is -0.984. The van der Waals surface area contributed by atoms with E-state index in [9.17, 15) is 14.7 Å². The molecule has 4 rings (SSSR count). The van der Waals surface area contributed by atoms with Gasteiger partial charge in [-0.3, -0.25) is 14.9 Å². The highest BCUT2D eigenvalue weighted by atomic mass is 16.5. The molecule has 0 saturated heterocycles. The first-order valence-corrected chi connectivity index (χ1v) is 9.49. The fraction of sp³-hybridized carbons (Fsp3) is 0.450. The number of rotatable bonds is 7. The zero-order valence-electron chi connectivity index (χ0n) is 15.2. The average molecular weight is 385 g/mol. The molecule has 28 heavy (non-hydrogen) atoms. The second-order valence-corrected chi connectivity index (χ2v) is 7.63. The quantitative estimate of drug-likeness (QED) is 0.535. The van der Waals surface area contributed by atoms with E-state index >= 15 is 0 Å². The van der Waals surface area contributed by atoms with Gasteiger partial charge in [-0.2, -0.15) is 0 Å². The molecule has 2 aliphatic rings. The van der Waals surface area contributed by atoms with Crippen molar-refractivity contribution < 1.29 is 24.3 Å². The number of carbonyl (C=O) groups excluding carboxylic acids is 1. The average Bonchev–Trinajstić information content (AvgIpc) is 3.10. The molecule has 148 valence electrons. The van der Waals surface area contributed by atoms with Crippen molar-refractivity contribution in [1.29, 1.82) is 0 Å². The number of nitrogens with one attached hydrogen (secondary N) is 2. The fourth-order valence-electron chi connectivity index (χ4n) is 3.69. The van der Waals surface area contributed by atoms with Crippen LogP contribution in [0.3, 0.4) is 0 Å². The molecule has 1 aromatic heterocycles. The summed E-state index contributed by atoms with van der Waals surface area (Å²) in [5, 5.41) is 29.1. The van der Waals surface area contributed by atoms with Gasteiger partial charge in [-0.15, -0.1) is 0 Å². The van der Waals surface area contributed by atoms with Gasteiger partial charge >= 0.3 is 5.97 Å². The third kappa shape index (κ3) is 3.93. The summed E-state index contributed by atoms with van der Waals surface area (Å²) in [7, 11) is 0. The molecule has 4 N–H and O–H groups in total. The number of carboxylic acid groups (broad SMARTS) is 1. The Morgan fingerprint density at radius 2 is 1.75 bits per heavy atom. The second-order valence-electron chi connectivity index (χ2n) is 7.63. The molecule has 1 amide bonds. The van der Waals surface area contributed by atoms with Crippen LogP contribution in [0.4, 0.5) is 0 Å². The second kappa shape index (κ2) is 7.73. The lowest BCUT2D eigenvalue weighted by atomic mass is 9.77. The lowest BCUT2D eigenvalue weighted by Crippen LogP contribution is -2.53. The Labute approximate surface area is 161 Å². The Hall–Kier alpha value is -2.71. The maximum atomic E-state index is 12.2. The van der Waals surface area contributed by atoms with Gasteiger partial charge in [0.2, 0.25) is 5.91 Å². The zero-order chi connectivity index (χ0) is 19.7. The summed E-state index contributed by atoms with van der Waals surface area (Å²) in [6, 6.07) is 11.2. The van der Waals surface area contributed by atoms with Crippen LogP contribution in [0.25, 0.3) is 11.3 Å². The van der Waals surface area contributed by atoms with Crippen molar-refractivity contribution in [3.05, 3.63) is 42.2 Å². The van der Waals surface area contributed by atoms with Crippen molar-refractivity contribution in [2.45, 2.75) is 44.0 Å². The number of carboxylic acids is 1. The summed E-state index contributed by atoms with van der Waals surface area (Å²) in [5.41, 5.74) is 1.56. The van der Waals surface area contributed by atoms with E-state index in [1.807, 2.05) is 30.3 Å². The van der Waals surface area contributed by atoms with Crippen molar-refractivity contribution >= 4 is 11.9 Å². The topological polar surface area (TPSA) is 125 Å². The monoisotopic (exact) mass is 385 g/mol. The first kappa shape index (κ1) is 18.6. The number of aliphatic carboxylic acids is 1. The Kier molecular flexibility index (Phi) is 5.15. The third-order valence-corrected chi connectivity index (χ3v) is 5.60. The Morgan fingerprint density at radius 1 is 1.07 bits per heavy atom. The lowest BCUT2D eigenvalue weighted by molar-refractivity contribution is -0.146. The molecule has 1 atom stereocenters. The third-order valence-electron chi connectivity index (χ3n) is 5.60. The van der Waals surface area contributed by atoms with Crippen molar-refractivity contribution in [3.8, 4) is 11.3 Å². The van der Waals surface area contributed by atoms with E-state index in [-0.39, 0.29) is 29.8 Å². The molecule has 2 aromatic rings. The number of amides is 1. The van der Waals surface area contributed by atoms with Crippen LogP contribution in [0, 0.1) is 11.8 Å². The van der Waals surface area contributed by atoms with Crippen molar-refractivity contribution in [1.82, 2.24) is 15.8 Å². The molecule has 1 unspecified atom stereocenters. The number of aliphatic hydroxyl groups excluding tert-OH is 1. The van der Waals surface area contributed by atoms with E-state index in [1.54, 1.807) is 6.07 Å². The molecule has 0 bridgehead atoms. The molecule has 0 spiro atoms. The van der Waals surface area contributed by atoms with Gasteiger partial charge in [0.1, 0.15) is 5.69 Å². The zero-order valence-corrected chi connectivity index (χ0v) is 15.2. The van der Waals surface area contributed by atoms with Crippen LogP contribution in [-0.2, 0) is 9.59 Å². The summed E-state index contributed by atoms with van der Waals surface area (Å²) < 4.78 is 5.24. The van der Waals surface area contributed by atoms with Crippen molar-refractivity contribution in [3.63, 3.8) is 0 Å². The predicted molar refractivity (Wildman–Crippen MR) is 98.8 cm³/mol. The molecule has 2 fully saturated rings. The minimum Gasteiger partial charge on any atom is -0.481 e. The van der Waals surface area contributed by atoms with E-state index < -0.39 is 12.2 Å². The smallest absolute Gasteiger partial charge is 0.306 e. The molecule has 1 aromatic carbocycles. The molecule has 2 aliphatic carbocycles. The highest BCUT2D eigenvalue weighted by molar-refractivity contribution is 5.80. The van der Waals surface area contributed by atoms with Gasteiger partial charge in [0, 0.05) is 29.6 Å². The summed E-state index contributed by atoms with van der Waals surface area (Å²) >= 11 is 0. The molecule has 1 heterocycles. The molecule has 0 aliphatic heterocycles. The van der Waals surface area contributed by atoms with E-state index in [0.29, 0.717) is 37.1 Å². The summed E-state index contributed by atoms with van der Waals surface area (Å²) in [5.74, 6) is -0.939. The Balaban J connectivity index is 1.21. The van der Waals surface area contributed by atoms with E-state index in [0.717, 1.165) is 5.56 Å². The normalized spacial score (nSPS) is 27.3. The van der Waals surface area contributed by atoms with Crippen LogP contribution in [0.2, 0.25) is 0 Å². The van der Waals surface area contributed by atoms with Gasteiger partial charge < -0.3 is 20.1 Å². The molecule has 2 saturated carbocycles. The summed E-state index contributed by atoms with van der Waals surface area (Å²) in [6.45, 7) is 0. The van der Waals surface area contributed by atoms with Crippen LogP contribution in [0.15, 0.2) is 40.9 Å². The number of benzene rings is 1. The molecule has 8 heteroatoms. The Morgan fingerprint density at radius 3 is 2.43 bits per heavy atom. The lowest BCUT2D eigenvalue weighted by Gasteiger charge is -2.39. The standard InChI is InChI=1S/C20H23N3O5/c24-18(21-15-8-13(9-15)20(26)27)12-6-14(7-12)22-19(25)17-10-16(23-28-17)11-4-2-1-3-5-11/h1-5,10,12-15,19,22,25H,6-9H2,(H,21,24)(H,26,27). The van der Waals surface area contributed by atoms with Gasteiger partial charge in [-0.25, -0.2) is 0 Å². The first-order chi connectivity index (χ1) is 13.5. The Bertz CT molecular complexity index is 841. The largest absolute Gasteiger partial charge is 0.481 e. The molecular weight excluding hydrogens is 362 g/mol. The maximum Gasteiger partial charge on any atom is 0.306 e. The van der Waals surface area contributed by atoms with E-state index in [4.69, 9.17) is 9.63 Å². The van der Waals surface area contributed by atoms with Crippen LogP contribution in [-0.4, -0.2) is 39.3 Å². The number of hydrogen-bond donors (Lipinski definition) is 4. The van der Waals surface area contributed by atoms with Crippen LogP contribution in [0.1, 0.15) is 37.7 Å². The van der Waals surface area contributed by atoms with Gasteiger partial charge in [-0.05, 0) is 25.7 Å². The SMILES string of the molecule is O=C(O)C1CC(NC(=O)C2CC(NC(O)c3cc(-c4ccccc4)no3)C2)C1. The van der Waals surface area contributed by atoms with E-state index in [1.165, 1.54) is 0 Å². The van der Waals surface area contributed by atoms with Gasteiger partial charge in [0.05, 0.1) is 5.92 Å². The molecule has 0 radical (unpaired) electrons. The maximum absolute atomic E-state index is 12.2. The highest BCUT2D eigenvalue weighted by Crippen LogP contribution is 2.32. The predicted octanol–water partition coefficient (Wildman–Crippen LogP) is 1.68.